The van der Waals surface area contributed by atoms with E-state index in [0.29, 0.717) is 67.5 Å². The van der Waals surface area contributed by atoms with Gasteiger partial charge in [-0.15, -0.1) is 0 Å². The van der Waals surface area contributed by atoms with Crippen LogP contribution in [0.2, 0.25) is 0 Å². The number of aromatic nitrogens is 1. The average molecular weight is 952 g/mol. The Morgan fingerprint density at radius 1 is 0.956 bits per heavy atom. The number of aliphatic hydroxyl groups is 2. The van der Waals surface area contributed by atoms with Crippen LogP contribution in [0.3, 0.4) is 0 Å². The lowest BCUT2D eigenvalue weighted by Crippen LogP contribution is -3.00. The third-order valence-corrected chi connectivity index (χ3v) is 17.7. The van der Waals surface area contributed by atoms with Gasteiger partial charge in [0.05, 0.1) is 40.5 Å². The van der Waals surface area contributed by atoms with Crippen LogP contribution in [-0.2, 0) is 45.8 Å². The maximum absolute atomic E-state index is 15.8. The number of quaternary nitrogens is 1. The SMILES string of the molecule is CC[C@]12C=CCN3CC[C@@]4(c5cc([C@@]6(C(=O)OC)C[C@@H]7C[C@](C)(O)C[N+](C(C)c8ccccc8)(CCCc8c6[nH]c6ccccc86)C7)c(OC)cc5N(C)[C@H]4[C@@](O)(C(=O)OC)[C@@H]1OC(C)=O)[C@@H]32.[Cl-]. The number of halogens is 1. The van der Waals surface area contributed by atoms with Crippen molar-refractivity contribution in [3.8, 4) is 5.75 Å². The summed E-state index contributed by atoms with van der Waals surface area (Å²) in [5.74, 6) is -1.65. The fourth-order valence-electron chi connectivity index (χ4n) is 15.6. The van der Waals surface area contributed by atoms with Crippen molar-refractivity contribution in [2.75, 3.05) is 66.0 Å². The molecule has 2 bridgehead atoms. The van der Waals surface area contributed by atoms with Crippen LogP contribution in [0.25, 0.3) is 10.9 Å². The highest BCUT2D eigenvalue weighted by molar-refractivity contribution is 5.95. The van der Waals surface area contributed by atoms with Gasteiger partial charge in [0.25, 0.3) is 0 Å². The van der Waals surface area contributed by atoms with Crippen LogP contribution in [0.5, 0.6) is 5.75 Å². The second kappa shape index (κ2) is 16.9. The number of hydrogen-bond donors (Lipinski definition) is 3. The summed E-state index contributed by atoms with van der Waals surface area (Å²) in [5.41, 5.74) is -0.647. The van der Waals surface area contributed by atoms with E-state index < -0.39 is 57.5 Å². The highest BCUT2D eigenvalue weighted by Crippen LogP contribution is 2.68. The van der Waals surface area contributed by atoms with Gasteiger partial charge in [0, 0.05) is 89.2 Å². The lowest BCUT2D eigenvalue weighted by Gasteiger charge is -2.63. The third kappa shape index (κ3) is 6.51. The standard InChI is InChI=1S/C54H67N4O9.ClH/c1-9-51-22-16-24-57-25-23-52(45(51)57)39-27-40(43(64-6)28-42(39)56(5)46(52)54(63,49(61)66-8)47(51)67-34(3)59)53(48(60)65-7)30-35-29-50(4,62)32-58(31-35,33(2)36-17-11-10-12-18-36)26-15-20-38-37-19-13-14-21-41(37)55-44(38)53;/h10-14,16-19,21-22,27-28,33,35,45-47,55,62-63H,9,15,20,23-26,29-32H2,1-8H3;1H/q+1;/p-1/t33?,35-,45-,46+,47+,50-,51+,52+,53-,54-,58?;/m0./s1. The monoisotopic (exact) mass is 950 g/mol. The number of rotatable bonds is 8. The molecule has 0 radical (unpaired) electrons. The number of esters is 3. The van der Waals surface area contributed by atoms with Crippen LogP contribution in [0, 0.1) is 11.3 Å². The molecule has 2 saturated heterocycles. The van der Waals surface area contributed by atoms with Gasteiger partial charge in [0.15, 0.2) is 6.10 Å². The first-order valence-corrected chi connectivity index (χ1v) is 24.2. The Bertz CT molecular complexity index is 2670. The molecule has 5 aliphatic heterocycles. The first kappa shape index (κ1) is 48.1. The maximum atomic E-state index is 15.8. The van der Waals surface area contributed by atoms with Gasteiger partial charge in [0.1, 0.15) is 29.4 Å². The van der Waals surface area contributed by atoms with Crippen LogP contribution >= 0.6 is 0 Å². The smallest absolute Gasteiger partial charge is 0.344 e. The minimum atomic E-state index is -2.32. The fourth-order valence-corrected chi connectivity index (χ4v) is 15.6. The van der Waals surface area contributed by atoms with E-state index in [1.807, 2.05) is 50.1 Å². The molecular formula is C54H67ClN4O9. The molecule has 3 N–H and O–H groups in total. The van der Waals surface area contributed by atoms with Gasteiger partial charge in [-0.05, 0) is 75.8 Å². The van der Waals surface area contributed by atoms with E-state index in [9.17, 15) is 19.8 Å². The average Bonchev–Trinajstić information content (AvgIpc) is 3.97. The van der Waals surface area contributed by atoms with E-state index in [-0.39, 0.29) is 30.4 Å². The molecule has 6 heterocycles. The number of piperidine rings is 1. The van der Waals surface area contributed by atoms with Crippen molar-refractivity contribution in [2.45, 2.75) is 112 Å². The van der Waals surface area contributed by atoms with E-state index in [1.54, 1.807) is 7.11 Å². The Morgan fingerprint density at radius 2 is 1.68 bits per heavy atom. The number of ether oxygens (including phenoxy) is 4. The zero-order chi connectivity index (χ0) is 47.5. The van der Waals surface area contributed by atoms with Crippen molar-refractivity contribution in [3.05, 3.63) is 107 Å². The minimum absolute atomic E-state index is 0. The van der Waals surface area contributed by atoms with Crippen molar-refractivity contribution in [1.29, 1.82) is 0 Å². The number of methoxy groups -OCH3 is 3. The van der Waals surface area contributed by atoms with E-state index in [4.69, 9.17) is 18.9 Å². The van der Waals surface area contributed by atoms with Gasteiger partial charge < -0.3 is 55.9 Å². The number of carbonyl (C=O) groups excluding carboxylic acids is 3. The van der Waals surface area contributed by atoms with Gasteiger partial charge in [-0.2, -0.15) is 0 Å². The van der Waals surface area contributed by atoms with Crippen molar-refractivity contribution in [1.82, 2.24) is 9.88 Å². The molecule has 1 saturated carbocycles. The summed E-state index contributed by atoms with van der Waals surface area (Å²) in [5, 5.41) is 27.0. The van der Waals surface area contributed by atoms with Gasteiger partial charge >= 0.3 is 17.9 Å². The Labute approximate surface area is 405 Å². The van der Waals surface area contributed by atoms with E-state index in [2.05, 4.69) is 71.4 Å². The highest BCUT2D eigenvalue weighted by Gasteiger charge is 2.80. The summed E-state index contributed by atoms with van der Waals surface area (Å²) in [4.78, 5) is 51.7. The minimum Gasteiger partial charge on any atom is -1.00 e. The number of aromatic amines is 1. The summed E-state index contributed by atoms with van der Waals surface area (Å²) >= 11 is 0. The first-order chi connectivity index (χ1) is 32.0. The summed E-state index contributed by atoms with van der Waals surface area (Å²) in [7, 11) is 6.21. The van der Waals surface area contributed by atoms with Crippen LogP contribution in [-0.4, -0.2) is 133 Å². The number of hydrogen-bond acceptors (Lipinski definition) is 11. The molecule has 2 unspecified atom stereocenters. The van der Waals surface area contributed by atoms with Crippen LogP contribution in [0.1, 0.15) is 93.8 Å². The van der Waals surface area contributed by atoms with E-state index in [0.717, 1.165) is 52.9 Å². The number of aryl methyl sites for hydroxylation is 1. The Hall–Kier alpha value is -4.92. The zero-order valence-electron chi connectivity index (χ0n) is 40.6. The van der Waals surface area contributed by atoms with Crippen molar-refractivity contribution < 1.29 is 60.4 Å². The molecule has 3 aromatic carbocycles. The lowest BCUT2D eigenvalue weighted by molar-refractivity contribution is -0.968. The molecule has 68 heavy (non-hydrogen) atoms. The number of benzene rings is 3. The molecule has 13 nitrogen and oxygen atoms in total. The maximum Gasteiger partial charge on any atom is 0.344 e. The Balaban J connectivity index is 0.00000578. The van der Waals surface area contributed by atoms with Crippen molar-refractivity contribution >= 4 is 34.5 Å². The number of H-pyrrole nitrogens is 1. The zero-order valence-corrected chi connectivity index (χ0v) is 41.4. The molecule has 364 valence electrons. The molecule has 3 fully saturated rings. The normalized spacial score (nSPS) is 35.2. The molecule has 11 atom stereocenters. The number of para-hydroxylation sites is 1. The number of fused-ring (bicyclic) bond motifs is 6. The summed E-state index contributed by atoms with van der Waals surface area (Å²) in [6, 6.07) is 21.7. The second-order valence-electron chi connectivity index (χ2n) is 21.1. The van der Waals surface area contributed by atoms with Crippen LogP contribution < -0.4 is 22.0 Å². The number of carbonyl (C=O) groups is 3. The van der Waals surface area contributed by atoms with Crippen LogP contribution in [0.4, 0.5) is 5.69 Å². The summed E-state index contributed by atoms with van der Waals surface area (Å²) in [6.45, 7) is 11.0. The molecule has 1 aliphatic carbocycles. The molecule has 1 aromatic heterocycles. The predicted molar refractivity (Wildman–Crippen MR) is 254 cm³/mol. The molecule has 6 aliphatic rings. The van der Waals surface area contributed by atoms with E-state index in [1.165, 1.54) is 26.7 Å². The molecule has 4 aromatic rings. The first-order valence-electron chi connectivity index (χ1n) is 24.2. The van der Waals surface area contributed by atoms with Gasteiger partial charge in [-0.1, -0.05) is 67.6 Å². The third-order valence-electron chi connectivity index (χ3n) is 17.7. The number of nitrogens with zero attached hydrogens (tertiary/aromatic N) is 3. The largest absolute Gasteiger partial charge is 1.00 e. The topological polar surface area (TPSA) is 151 Å². The van der Waals surface area contributed by atoms with E-state index >= 15 is 4.79 Å². The van der Waals surface area contributed by atoms with Gasteiger partial charge in [-0.25, -0.2) is 4.79 Å². The van der Waals surface area contributed by atoms with Gasteiger partial charge in [-0.3, -0.25) is 14.5 Å². The van der Waals surface area contributed by atoms with Crippen molar-refractivity contribution in [2.24, 2.45) is 11.3 Å². The molecule has 0 amide bonds. The van der Waals surface area contributed by atoms with Crippen LogP contribution in [0.15, 0.2) is 78.9 Å². The second-order valence-corrected chi connectivity index (χ2v) is 21.1. The number of likely N-dealkylation sites (N-methyl/N-ethyl adjacent to an activating group) is 1. The quantitative estimate of drug-likeness (QED) is 0.103. The lowest BCUT2D eigenvalue weighted by atomic mass is 9.47. The highest BCUT2D eigenvalue weighted by atomic mass is 35.5. The Morgan fingerprint density at radius 3 is 2.37 bits per heavy atom. The summed E-state index contributed by atoms with van der Waals surface area (Å²) in [6.07, 6.45) is 6.10. The van der Waals surface area contributed by atoms with Gasteiger partial charge in [0.2, 0.25) is 5.60 Å². The molecule has 1 spiro atoms. The number of nitrogens with one attached hydrogen (secondary N) is 1. The van der Waals surface area contributed by atoms with Crippen molar-refractivity contribution in [3.63, 3.8) is 0 Å². The molecular weight excluding hydrogens is 884 g/mol. The fraction of sp³-hybridized carbons (Fsp3) is 0.537. The predicted octanol–water partition coefficient (Wildman–Crippen LogP) is 3.27. The Kier molecular flexibility index (Phi) is 12.0. The number of anilines is 1. The molecule has 10 rings (SSSR count). The summed E-state index contributed by atoms with van der Waals surface area (Å²) < 4.78 is 25.0. The molecule has 14 heteroatoms.